The van der Waals surface area contributed by atoms with Crippen LogP contribution in [0.4, 0.5) is 0 Å². The van der Waals surface area contributed by atoms with Crippen LogP contribution in [0.2, 0.25) is 0 Å². The van der Waals surface area contributed by atoms with E-state index >= 15 is 0 Å². The Morgan fingerprint density at radius 1 is 1.22 bits per heavy atom. The fourth-order valence-electron chi connectivity index (χ4n) is 3.37. The van der Waals surface area contributed by atoms with Gasteiger partial charge in [0.15, 0.2) is 5.16 Å². The number of aryl methyl sites for hydroxylation is 2. The molecule has 7 heteroatoms. The molecule has 3 heterocycles. The standard InChI is InChI=1S/C20H27N5OS/c1-15-12-16(2)24-20(23-15)27-14-19(26)25(13-17-6-3-4-10-22-17)18-7-5-9-21-11-8-18/h3-4,6,10,12,18,21H,5,7-9,11,13-14H2,1-2H3. The minimum Gasteiger partial charge on any atom is -0.333 e. The number of hydrogen-bond donors (Lipinski definition) is 1. The molecule has 2 aromatic rings. The second-order valence-corrected chi connectivity index (χ2v) is 7.84. The third-order valence-corrected chi connectivity index (χ3v) is 5.48. The average molecular weight is 386 g/mol. The van der Waals surface area contributed by atoms with E-state index in [9.17, 15) is 4.79 Å². The summed E-state index contributed by atoms with van der Waals surface area (Å²) in [7, 11) is 0. The topological polar surface area (TPSA) is 71.0 Å². The van der Waals surface area contributed by atoms with Crippen molar-refractivity contribution in [2.45, 2.75) is 50.9 Å². The number of nitrogens with zero attached hydrogens (tertiary/aromatic N) is 4. The normalized spacial score (nSPS) is 17.3. The zero-order valence-electron chi connectivity index (χ0n) is 16.0. The highest BCUT2D eigenvalue weighted by molar-refractivity contribution is 7.99. The lowest BCUT2D eigenvalue weighted by molar-refractivity contribution is -0.131. The third-order valence-electron chi connectivity index (χ3n) is 4.65. The smallest absolute Gasteiger partial charge is 0.233 e. The molecule has 0 aromatic carbocycles. The molecule has 6 nitrogen and oxygen atoms in total. The molecule has 1 N–H and O–H groups in total. The fourth-order valence-corrected chi connectivity index (χ4v) is 4.20. The van der Waals surface area contributed by atoms with E-state index in [-0.39, 0.29) is 11.9 Å². The Bertz CT molecular complexity index is 727. The van der Waals surface area contributed by atoms with E-state index in [0.29, 0.717) is 17.5 Å². The predicted octanol–water partition coefficient (Wildman–Crippen LogP) is 2.75. The van der Waals surface area contributed by atoms with Crippen LogP contribution in [0.3, 0.4) is 0 Å². The van der Waals surface area contributed by atoms with Crippen molar-refractivity contribution in [3.8, 4) is 0 Å². The van der Waals surface area contributed by atoms with Crippen molar-refractivity contribution in [1.29, 1.82) is 0 Å². The highest BCUT2D eigenvalue weighted by Crippen LogP contribution is 2.20. The summed E-state index contributed by atoms with van der Waals surface area (Å²) in [6.45, 7) is 6.43. The summed E-state index contributed by atoms with van der Waals surface area (Å²) in [4.78, 5) is 28.4. The number of thioether (sulfide) groups is 1. The van der Waals surface area contributed by atoms with Crippen LogP contribution in [-0.2, 0) is 11.3 Å². The molecule has 1 unspecified atom stereocenters. The predicted molar refractivity (Wildman–Crippen MR) is 108 cm³/mol. The molecule has 1 aliphatic rings. The van der Waals surface area contributed by atoms with Crippen LogP contribution in [0.5, 0.6) is 0 Å². The van der Waals surface area contributed by atoms with Crippen molar-refractivity contribution < 1.29 is 4.79 Å². The first-order valence-electron chi connectivity index (χ1n) is 9.47. The molecule has 144 valence electrons. The second kappa shape index (κ2) is 9.80. The minimum absolute atomic E-state index is 0.125. The lowest BCUT2D eigenvalue weighted by atomic mass is 10.1. The van der Waals surface area contributed by atoms with Gasteiger partial charge in [-0.15, -0.1) is 0 Å². The Labute approximate surface area is 165 Å². The van der Waals surface area contributed by atoms with Gasteiger partial charge in [-0.3, -0.25) is 9.78 Å². The maximum Gasteiger partial charge on any atom is 0.233 e. The van der Waals surface area contributed by atoms with Crippen LogP contribution in [0, 0.1) is 13.8 Å². The van der Waals surface area contributed by atoms with Gasteiger partial charge in [0.05, 0.1) is 18.0 Å². The van der Waals surface area contributed by atoms with Crippen molar-refractivity contribution in [3.05, 3.63) is 47.5 Å². The van der Waals surface area contributed by atoms with Gasteiger partial charge in [0.2, 0.25) is 5.91 Å². The lowest BCUT2D eigenvalue weighted by Crippen LogP contribution is -2.41. The summed E-state index contributed by atoms with van der Waals surface area (Å²) in [5.74, 6) is 0.472. The number of hydrogen-bond acceptors (Lipinski definition) is 6. The highest BCUT2D eigenvalue weighted by atomic mass is 32.2. The average Bonchev–Trinajstić information content (AvgIpc) is 2.93. The molecule has 27 heavy (non-hydrogen) atoms. The van der Waals surface area contributed by atoms with Crippen LogP contribution >= 0.6 is 11.8 Å². The Kier molecular flexibility index (Phi) is 7.18. The second-order valence-electron chi connectivity index (χ2n) is 6.90. The molecule has 0 aliphatic carbocycles. The first kappa shape index (κ1) is 19.8. The first-order valence-corrected chi connectivity index (χ1v) is 10.5. The van der Waals surface area contributed by atoms with Gasteiger partial charge in [-0.05, 0) is 64.4 Å². The van der Waals surface area contributed by atoms with Crippen molar-refractivity contribution >= 4 is 17.7 Å². The monoisotopic (exact) mass is 385 g/mol. The number of nitrogens with one attached hydrogen (secondary N) is 1. The van der Waals surface area contributed by atoms with Crippen molar-refractivity contribution in [2.24, 2.45) is 0 Å². The van der Waals surface area contributed by atoms with Gasteiger partial charge >= 0.3 is 0 Å². The Morgan fingerprint density at radius 3 is 2.78 bits per heavy atom. The van der Waals surface area contributed by atoms with E-state index in [0.717, 1.165) is 49.4 Å². The number of aromatic nitrogens is 3. The minimum atomic E-state index is 0.125. The summed E-state index contributed by atoms with van der Waals surface area (Å²) in [5, 5.41) is 4.09. The number of carbonyl (C=O) groups excluding carboxylic acids is 1. The molecule has 1 aliphatic heterocycles. The molecular formula is C20H27N5OS. The molecule has 3 rings (SSSR count). The van der Waals surface area contributed by atoms with Crippen LogP contribution < -0.4 is 5.32 Å². The van der Waals surface area contributed by atoms with Crippen molar-refractivity contribution in [3.63, 3.8) is 0 Å². The van der Waals surface area contributed by atoms with Gasteiger partial charge in [-0.25, -0.2) is 9.97 Å². The molecule has 1 fully saturated rings. The summed E-state index contributed by atoms with van der Waals surface area (Å²) >= 11 is 1.42. The molecule has 0 spiro atoms. The third kappa shape index (κ3) is 6.01. The van der Waals surface area contributed by atoms with E-state index in [1.165, 1.54) is 11.8 Å². The summed E-state index contributed by atoms with van der Waals surface area (Å²) in [6, 6.07) is 8.04. The van der Waals surface area contributed by atoms with Crippen molar-refractivity contribution in [1.82, 2.24) is 25.2 Å². The molecule has 1 saturated heterocycles. The largest absolute Gasteiger partial charge is 0.333 e. The Morgan fingerprint density at radius 2 is 2.04 bits per heavy atom. The summed E-state index contributed by atoms with van der Waals surface area (Å²) in [5.41, 5.74) is 2.78. The molecule has 1 atom stereocenters. The number of amides is 1. The summed E-state index contributed by atoms with van der Waals surface area (Å²) in [6.07, 6.45) is 4.87. The van der Waals surface area contributed by atoms with E-state index < -0.39 is 0 Å². The quantitative estimate of drug-likeness (QED) is 0.609. The molecule has 2 aromatic heterocycles. The van der Waals surface area contributed by atoms with Crippen molar-refractivity contribution in [2.75, 3.05) is 18.8 Å². The Hall–Kier alpha value is -1.99. The van der Waals surface area contributed by atoms with Gasteiger partial charge in [-0.1, -0.05) is 17.8 Å². The van der Waals surface area contributed by atoms with E-state index in [1.54, 1.807) is 6.20 Å². The molecule has 1 amide bonds. The van der Waals surface area contributed by atoms with Gasteiger partial charge < -0.3 is 10.2 Å². The van der Waals surface area contributed by atoms with Crippen LogP contribution in [0.15, 0.2) is 35.6 Å². The molecular weight excluding hydrogens is 358 g/mol. The Balaban J connectivity index is 1.71. The zero-order valence-corrected chi connectivity index (χ0v) is 16.8. The summed E-state index contributed by atoms with van der Waals surface area (Å²) < 4.78 is 0. The molecule has 0 bridgehead atoms. The zero-order chi connectivity index (χ0) is 19.1. The first-order chi connectivity index (χ1) is 13.1. The fraction of sp³-hybridized carbons (Fsp3) is 0.500. The van der Waals surface area contributed by atoms with E-state index in [2.05, 4.69) is 20.3 Å². The number of rotatable bonds is 6. The van der Waals surface area contributed by atoms with E-state index in [4.69, 9.17) is 0 Å². The van der Waals surface area contributed by atoms with Gasteiger partial charge in [0.25, 0.3) is 0 Å². The van der Waals surface area contributed by atoms with Crippen LogP contribution in [-0.4, -0.2) is 50.6 Å². The van der Waals surface area contributed by atoms with Gasteiger partial charge in [0.1, 0.15) is 0 Å². The van der Waals surface area contributed by atoms with Crippen LogP contribution in [0.25, 0.3) is 0 Å². The number of carbonyl (C=O) groups is 1. The maximum absolute atomic E-state index is 13.1. The molecule has 0 saturated carbocycles. The van der Waals surface area contributed by atoms with Gasteiger partial charge in [0, 0.05) is 23.6 Å². The van der Waals surface area contributed by atoms with E-state index in [1.807, 2.05) is 43.0 Å². The number of pyridine rings is 1. The maximum atomic E-state index is 13.1. The van der Waals surface area contributed by atoms with Crippen LogP contribution in [0.1, 0.15) is 36.3 Å². The van der Waals surface area contributed by atoms with Gasteiger partial charge in [-0.2, -0.15) is 0 Å². The lowest BCUT2D eigenvalue weighted by Gasteiger charge is -2.31. The highest BCUT2D eigenvalue weighted by Gasteiger charge is 2.25. The SMILES string of the molecule is Cc1cc(C)nc(SCC(=O)N(Cc2ccccn2)C2CCCNCC2)n1. The molecule has 0 radical (unpaired) electrons.